The molecule has 9 rings (SSSR count). The molecule has 0 spiro atoms. The number of aromatic nitrogens is 2. The van der Waals surface area contributed by atoms with E-state index in [4.69, 9.17) is 0 Å². The van der Waals surface area contributed by atoms with Gasteiger partial charge in [0, 0.05) is 44.9 Å². The molecule has 0 amide bonds. The Labute approximate surface area is 303 Å². The Morgan fingerprint density at radius 2 is 1.52 bits per heavy atom. The first-order chi connectivity index (χ1) is 25.5. The van der Waals surface area contributed by atoms with Crippen LogP contribution in [0.3, 0.4) is 0 Å². The van der Waals surface area contributed by atoms with E-state index in [0.717, 1.165) is 86.8 Å². The van der Waals surface area contributed by atoms with Crippen LogP contribution < -0.4 is 0 Å². The van der Waals surface area contributed by atoms with Crippen molar-refractivity contribution in [3.63, 3.8) is 0 Å². The highest BCUT2D eigenvalue weighted by Gasteiger charge is 2.27. The van der Waals surface area contributed by atoms with Crippen LogP contribution in [0.2, 0.25) is 0 Å². The minimum Gasteiger partial charge on any atom is -0.313 e. The smallest absolute Gasteiger partial charge is 0.101 e. The molecule has 0 saturated heterocycles. The van der Waals surface area contributed by atoms with Crippen LogP contribution in [-0.2, 0) is 6.42 Å². The standard InChI is InChI=1S/C47H35N5/c1-29-13-20-36(39-11-6-8-34(28-50)47(39)52-43-12-4-3-9-37(43)38-21-14-32(27-49)25-45(38)52)41(23-29)33-16-18-35(19-17-33)51-44-22-15-31(26-48)24-42(44)40-10-5-7-30(2)46(40)51/h4-6,8,10-12,14-25,29-30H,3,7,9,13H2,1-2H3. The number of benzene rings is 4. The highest BCUT2D eigenvalue weighted by molar-refractivity contribution is 6.08. The van der Waals surface area contributed by atoms with E-state index in [2.05, 4.69) is 120 Å². The average molecular weight is 670 g/mol. The molecule has 0 bridgehead atoms. The SMILES string of the molecule is CC1C=C(c2ccc(-n3c4c(c5cc(C#N)ccc53)C=CCC4C)cc2)C(c2cccc(C#N)c2-n2c3c(c4ccc(C#N)cc42)CCC=C3)=CC1. The number of hydrogen-bond donors (Lipinski definition) is 0. The van der Waals surface area contributed by atoms with Crippen molar-refractivity contribution in [1.29, 1.82) is 15.8 Å². The molecule has 0 radical (unpaired) electrons. The van der Waals surface area contributed by atoms with Crippen molar-refractivity contribution in [2.45, 2.75) is 45.4 Å². The summed E-state index contributed by atoms with van der Waals surface area (Å²) in [6.45, 7) is 4.53. The Hall–Kier alpha value is -6.61. The molecule has 0 aliphatic heterocycles. The summed E-state index contributed by atoms with van der Waals surface area (Å²) in [5.74, 6) is 0.694. The maximum Gasteiger partial charge on any atom is 0.101 e. The topological polar surface area (TPSA) is 81.2 Å². The molecule has 3 aliphatic carbocycles. The third-order valence-electron chi connectivity index (χ3n) is 11.0. The van der Waals surface area contributed by atoms with Crippen molar-refractivity contribution in [3.05, 3.63) is 153 Å². The number of nitrogens with zero attached hydrogens (tertiary/aromatic N) is 5. The molecular weight excluding hydrogens is 635 g/mol. The van der Waals surface area contributed by atoms with Gasteiger partial charge in [0.25, 0.3) is 0 Å². The van der Waals surface area contributed by atoms with Crippen LogP contribution in [0.1, 0.15) is 89.4 Å². The molecule has 5 nitrogen and oxygen atoms in total. The number of fused-ring (bicyclic) bond motifs is 6. The molecule has 6 aromatic rings. The van der Waals surface area contributed by atoms with Crippen molar-refractivity contribution in [1.82, 2.24) is 9.13 Å². The van der Waals surface area contributed by atoms with Gasteiger partial charge in [0.15, 0.2) is 0 Å². The number of aryl methyl sites for hydroxylation is 1. The molecule has 0 N–H and O–H groups in total. The summed E-state index contributed by atoms with van der Waals surface area (Å²) in [7, 11) is 0. The average Bonchev–Trinajstić information content (AvgIpc) is 3.70. The zero-order valence-electron chi connectivity index (χ0n) is 29.2. The van der Waals surface area contributed by atoms with Gasteiger partial charge in [-0.05, 0) is 108 Å². The molecule has 248 valence electrons. The Morgan fingerprint density at radius 1 is 0.712 bits per heavy atom. The lowest BCUT2D eigenvalue weighted by Gasteiger charge is -2.25. The second kappa shape index (κ2) is 12.3. The molecular formula is C47H35N5. The van der Waals surface area contributed by atoms with Gasteiger partial charge >= 0.3 is 0 Å². The molecule has 2 aromatic heterocycles. The fraction of sp³-hybridized carbons (Fsp3) is 0.170. The zero-order valence-corrected chi connectivity index (χ0v) is 29.2. The van der Waals surface area contributed by atoms with Crippen LogP contribution in [0, 0.1) is 39.9 Å². The molecule has 2 unspecified atom stereocenters. The molecule has 52 heavy (non-hydrogen) atoms. The van der Waals surface area contributed by atoms with Crippen molar-refractivity contribution < 1.29 is 0 Å². The second-order valence-corrected chi connectivity index (χ2v) is 14.3. The first kappa shape index (κ1) is 31.4. The van der Waals surface area contributed by atoms with E-state index in [9.17, 15) is 15.8 Å². The van der Waals surface area contributed by atoms with Crippen LogP contribution in [0.4, 0.5) is 0 Å². The monoisotopic (exact) mass is 669 g/mol. The molecule has 5 heteroatoms. The van der Waals surface area contributed by atoms with Gasteiger partial charge in [-0.15, -0.1) is 0 Å². The summed E-state index contributed by atoms with van der Waals surface area (Å²) in [6.07, 6.45) is 17.3. The lowest BCUT2D eigenvalue weighted by atomic mass is 9.83. The minimum atomic E-state index is 0.342. The quantitative estimate of drug-likeness (QED) is 0.187. The zero-order chi connectivity index (χ0) is 35.5. The van der Waals surface area contributed by atoms with Crippen molar-refractivity contribution in [3.8, 4) is 29.6 Å². The first-order valence-electron chi connectivity index (χ1n) is 18.0. The molecule has 0 fully saturated rings. The summed E-state index contributed by atoms with van der Waals surface area (Å²) in [4.78, 5) is 0. The predicted molar refractivity (Wildman–Crippen MR) is 210 cm³/mol. The maximum absolute atomic E-state index is 10.6. The van der Waals surface area contributed by atoms with Crippen LogP contribution in [0.5, 0.6) is 0 Å². The van der Waals surface area contributed by atoms with Gasteiger partial charge in [0.1, 0.15) is 6.07 Å². The van der Waals surface area contributed by atoms with Crippen LogP contribution in [-0.4, -0.2) is 9.13 Å². The normalized spacial score (nSPS) is 17.5. The number of rotatable bonds is 4. The Kier molecular flexibility index (Phi) is 7.43. The molecule has 3 aliphatic rings. The highest BCUT2D eigenvalue weighted by atomic mass is 15.0. The molecule has 2 heterocycles. The number of para-hydroxylation sites is 1. The molecule has 4 aromatic carbocycles. The maximum atomic E-state index is 10.6. The Morgan fingerprint density at radius 3 is 2.33 bits per heavy atom. The second-order valence-electron chi connectivity index (χ2n) is 14.3. The van der Waals surface area contributed by atoms with E-state index >= 15 is 0 Å². The van der Waals surface area contributed by atoms with Crippen LogP contribution in [0.15, 0.2) is 103 Å². The summed E-state index contributed by atoms with van der Waals surface area (Å²) < 4.78 is 4.60. The fourth-order valence-corrected chi connectivity index (χ4v) is 8.64. The summed E-state index contributed by atoms with van der Waals surface area (Å²) in [5.41, 5.74) is 15.1. The van der Waals surface area contributed by atoms with E-state index in [1.165, 1.54) is 16.8 Å². The fourth-order valence-electron chi connectivity index (χ4n) is 8.64. The van der Waals surface area contributed by atoms with Crippen molar-refractivity contribution >= 4 is 45.1 Å². The van der Waals surface area contributed by atoms with Crippen LogP contribution in [0.25, 0.3) is 56.5 Å². The number of allylic oxidation sites excluding steroid dienone is 6. The lowest BCUT2D eigenvalue weighted by Crippen LogP contribution is -2.09. The van der Waals surface area contributed by atoms with Gasteiger partial charge in [-0.1, -0.05) is 74.6 Å². The summed E-state index contributed by atoms with van der Waals surface area (Å²) in [5, 5.41) is 32.3. The first-order valence-corrected chi connectivity index (χ1v) is 18.0. The largest absolute Gasteiger partial charge is 0.313 e. The van der Waals surface area contributed by atoms with Crippen molar-refractivity contribution in [2.24, 2.45) is 5.92 Å². The molecule has 2 atom stereocenters. The summed E-state index contributed by atoms with van der Waals surface area (Å²) >= 11 is 0. The molecule has 0 saturated carbocycles. The minimum absolute atomic E-state index is 0.342. The highest BCUT2D eigenvalue weighted by Crippen LogP contribution is 2.44. The van der Waals surface area contributed by atoms with Crippen molar-refractivity contribution in [2.75, 3.05) is 0 Å². The van der Waals surface area contributed by atoms with E-state index < -0.39 is 0 Å². The van der Waals surface area contributed by atoms with Gasteiger partial charge in [-0.3, -0.25) is 0 Å². The van der Waals surface area contributed by atoms with Gasteiger partial charge in [-0.25, -0.2) is 0 Å². The van der Waals surface area contributed by atoms with E-state index in [-0.39, 0.29) is 0 Å². The van der Waals surface area contributed by atoms with Gasteiger partial charge in [-0.2, -0.15) is 15.8 Å². The van der Waals surface area contributed by atoms with E-state index in [1.807, 2.05) is 36.4 Å². The lowest BCUT2D eigenvalue weighted by molar-refractivity contribution is 0.723. The van der Waals surface area contributed by atoms with Gasteiger partial charge in [0.05, 0.1) is 45.5 Å². The van der Waals surface area contributed by atoms with Crippen LogP contribution >= 0.6 is 0 Å². The van der Waals surface area contributed by atoms with E-state index in [0.29, 0.717) is 28.5 Å². The Bertz CT molecular complexity index is 2740. The number of hydrogen-bond acceptors (Lipinski definition) is 3. The third kappa shape index (κ3) is 4.80. The van der Waals surface area contributed by atoms with Gasteiger partial charge < -0.3 is 9.13 Å². The third-order valence-corrected chi connectivity index (χ3v) is 11.0. The Balaban J connectivity index is 1.20. The van der Waals surface area contributed by atoms with Gasteiger partial charge in [0.2, 0.25) is 0 Å². The summed E-state index contributed by atoms with van der Waals surface area (Å²) in [6, 6.07) is 34.0. The predicted octanol–water partition coefficient (Wildman–Crippen LogP) is 11.2. The number of nitriles is 3. The van der Waals surface area contributed by atoms with E-state index in [1.54, 1.807) is 0 Å².